The third-order valence-corrected chi connectivity index (χ3v) is 5.82. The summed E-state index contributed by atoms with van der Waals surface area (Å²) >= 11 is 0. The molecule has 2 fully saturated rings. The van der Waals surface area contributed by atoms with E-state index in [1.807, 2.05) is 7.05 Å². The number of likely N-dealkylation sites (N-methyl/N-ethyl adjacent to an activating group) is 1. The SMILES string of the molecule is CNC1(CO)CCCC1CCN1CCC(N(C)C)CC1. The molecule has 2 aliphatic rings. The molecule has 0 amide bonds. The van der Waals surface area contributed by atoms with Crippen molar-refractivity contribution in [2.75, 3.05) is 47.4 Å². The van der Waals surface area contributed by atoms with E-state index in [2.05, 4.69) is 29.2 Å². The highest BCUT2D eigenvalue weighted by molar-refractivity contribution is 4.98. The molecule has 2 N–H and O–H groups in total. The molecular formula is C16H33N3O. The van der Waals surface area contributed by atoms with Gasteiger partial charge >= 0.3 is 0 Å². The lowest BCUT2D eigenvalue weighted by Gasteiger charge is -2.38. The molecule has 1 aliphatic heterocycles. The van der Waals surface area contributed by atoms with Crippen LogP contribution in [0.3, 0.4) is 0 Å². The van der Waals surface area contributed by atoms with Crippen molar-refractivity contribution < 1.29 is 5.11 Å². The van der Waals surface area contributed by atoms with Gasteiger partial charge in [-0.05, 0) is 78.8 Å². The van der Waals surface area contributed by atoms with Crippen molar-refractivity contribution in [1.82, 2.24) is 15.1 Å². The van der Waals surface area contributed by atoms with E-state index in [1.54, 1.807) is 0 Å². The molecule has 0 spiro atoms. The molecule has 0 aromatic carbocycles. The number of aliphatic hydroxyl groups excluding tert-OH is 1. The zero-order valence-electron chi connectivity index (χ0n) is 13.6. The third kappa shape index (κ3) is 3.53. The smallest absolute Gasteiger partial charge is 0.0615 e. The van der Waals surface area contributed by atoms with E-state index >= 15 is 0 Å². The second-order valence-electron chi connectivity index (χ2n) is 6.98. The predicted octanol–water partition coefficient (Wildman–Crippen LogP) is 1.15. The number of piperidine rings is 1. The molecule has 0 aromatic heterocycles. The van der Waals surface area contributed by atoms with Crippen molar-refractivity contribution >= 4 is 0 Å². The zero-order valence-corrected chi connectivity index (χ0v) is 13.6. The highest BCUT2D eigenvalue weighted by Crippen LogP contribution is 2.37. The Hall–Kier alpha value is -0.160. The first kappa shape index (κ1) is 16.2. The van der Waals surface area contributed by atoms with Gasteiger partial charge in [0.05, 0.1) is 6.61 Å². The van der Waals surface area contributed by atoms with E-state index in [-0.39, 0.29) is 12.1 Å². The van der Waals surface area contributed by atoms with Gasteiger partial charge in [0.1, 0.15) is 0 Å². The van der Waals surface area contributed by atoms with Gasteiger partial charge in [-0.25, -0.2) is 0 Å². The summed E-state index contributed by atoms with van der Waals surface area (Å²) in [6.07, 6.45) is 7.50. The summed E-state index contributed by atoms with van der Waals surface area (Å²) < 4.78 is 0. The van der Waals surface area contributed by atoms with Gasteiger partial charge in [0.15, 0.2) is 0 Å². The van der Waals surface area contributed by atoms with Gasteiger partial charge < -0.3 is 20.2 Å². The van der Waals surface area contributed by atoms with Crippen molar-refractivity contribution in [2.24, 2.45) is 5.92 Å². The van der Waals surface area contributed by atoms with Crippen LogP contribution >= 0.6 is 0 Å². The maximum Gasteiger partial charge on any atom is 0.0615 e. The van der Waals surface area contributed by atoms with Crippen molar-refractivity contribution in [3.8, 4) is 0 Å². The van der Waals surface area contributed by atoms with Crippen LogP contribution in [0.2, 0.25) is 0 Å². The lowest BCUT2D eigenvalue weighted by molar-refractivity contribution is 0.104. The summed E-state index contributed by atoms with van der Waals surface area (Å²) in [5.74, 6) is 0.643. The third-order valence-electron chi connectivity index (χ3n) is 5.82. The Kier molecular flexibility index (Phi) is 5.84. The number of aliphatic hydroxyl groups is 1. The Morgan fingerprint density at radius 1 is 1.25 bits per heavy atom. The fourth-order valence-corrected chi connectivity index (χ4v) is 4.18. The number of hydrogen-bond donors (Lipinski definition) is 2. The van der Waals surface area contributed by atoms with Crippen molar-refractivity contribution in [1.29, 1.82) is 0 Å². The molecule has 2 unspecified atom stereocenters. The molecule has 1 saturated carbocycles. The number of hydrogen-bond acceptors (Lipinski definition) is 4. The Balaban J connectivity index is 1.76. The van der Waals surface area contributed by atoms with E-state index in [9.17, 15) is 5.11 Å². The molecule has 1 saturated heterocycles. The first-order chi connectivity index (χ1) is 9.61. The lowest BCUT2D eigenvalue weighted by atomic mass is 9.85. The molecule has 0 radical (unpaired) electrons. The summed E-state index contributed by atoms with van der Waals surface area (Å²) in [5, 5.41) is 13.1. The molecule has 0 bridgehead atoms. The molecule has 4 heteroatoms. The number of rotatable bonds is 6. The van der Waals surface area contributed by atoms with Gasteiger partial charge in [0.2, 0.25) is 0 Å². The van der Waals surface area contributed by atoms with Gasteiger partial charge in [-0.15, -0.1) is 0 Å². The minimum Gasteiger partial charge on any atom is -0.394 e. The second kappa shape index (κ2) is 7.21. The molecule has 4 nitrogen and oxygen atoms in total. The Labute approximate surface area is 124 Å². The van der Waals surface area contributed by atoms with Crippen LogP contribution in [-0.2, 0) is 0 Å². The van der Waals surface area contributed by atoms with Gasteiger partial charge in [0, 0.05) is 11.6 Å². The van der Waals surface area contributed by atoms with Crippen molar-refractivity contribution in [3.05, 3.63) is 0 Å². The summed E-state index contributed by atoms with van der Waals surface area (Å²) in [4.78, 5) is 4.99. The van der Waals surface area contributed by atoms with Crippen LogP contribution in [0.5, 0.6) is 0 Å². The lowest BCUT2D eigenvalue weighted by Crippen LogP contribution is -2.50. The average Bonchev–Trinajstić information content (AvgIpc) is 2.89. The normalized spacial score (nSPS) is 33.1. The second-order valence-corrected chi connectivity index (χ2v) is 6.98. The minimum atomic E-state index is 0.00194. The van der Waals surface area contributed by atoms with Crippen LogP contribution in [0.4, 0.5) is 0 Å². The van der Waals surface area contributed by atoms with Crippen molar-refractivity contribution in [3.63, 3.8) is 0 Å². The first-order valence-electron chi connectivity index (χ1n) is 8.30. The van der Waals surface area contributed by atoms with Crippen LogP contribution in [0.15, 0.2) is 0 Å². The van der Waals surface area contributed by atoms with Gasteiger partial charge in [0.25, 0.3) is 0 Å². The summed E-state index contributed by atoms with van der Waals surface area (Å²) in [5.41, 5.74) is 0.00194. The monoisotopic (exact) mass is 283 g/mol. The molecule has 118 valence electrons. The molecular weight excluding hydrogens is 250 g/mol. The quantitative estimate of drug-likeness (QED) is 0.767. The van der Waals surface area contributed by atoms with Crippen LogP contribution < -0.4 is 5.32 Å². The van der Waals surface area contributed by atoms with Crippen LogP contribution in [-0.4, -0.2) is 73.9 Å². The Bertz CT molecular complexity index is 283. The largest absolute Gasteiger partial charge is 0.394 e. The highest BCUT2D eigenvalue weighted by atomic mass is 16.3. The number of nitrogens with one attached hydrogen (secondary N) is 1. The molecule has 2 rings (SSSR count). The van der Waals surface area contributed by atoms with Gasteiger partial charge in [-0.1, -0.05) is 6.42 Å². The van der Waals surface area contributed by atoms with Crippen LogP contribution in [0.25, 0.3) is 0 Å². The molecule has 20 heavy (non-hydrogen) atoms. The Morgan fingerprint density at radius 3 is 2.50 bits per heavy atom. The Morgan fingerprint density at radius 2 is 1.95 bits per heavy atom. The highest BCUT2D eigenvalue weighted by Gasteiger charge is 2.40. The van der Waals surface area contributed by atoms with Crippen molar-refractivity contribution in [2.45, 2.75) is 50.1 Å². The predicted molar refractivity (Wildman–Crippen MR) is 84.0 cm³/mol. The molecule has 0 aromatic rings. The maximum absolute atomic E-state index is 9.74. The fraction of sp³-hybridized carbons (Fsp3) is 1.00. The standard InChI is InChI=1S/C16H33N3O/c1-17-16(13-20)9-4-5-14(16)6-10-19-11-7-15(8-12-19)18(2)3/h14-15,17,20H,4-13H2,1-3H3. The van der Waals surface area contributed by atoms with E-state index in [0.29, 0.717) is 5.92 Å². The number of nitrogens with zero attached hydrogens (tertiary/aromatic N) is 2. The van der Waals surface area contributed by atoms with E-state index < -0.39 is 0 Å². The number of likely N-dealkylation sites (tertiary alicyclic amines) is 1. The maximum atomic E-state index is 9.74. The topological polar surface area (TPSA) is 38.7 Å². The zero-order chi connectivity index (χ0) is 14.6. The van der Waals surface area contributed by atoms with Crippen LogP contribution in [0.1, 0.15) is 38.5 Å². The first-order valence-corrected chi connectivity index (χ1v) is 8.30. The minimum absolute atomic E-state index is 0.00194. The van der Waals surface area contributed by atoms with Gasteiger partial charge in [-0.3, -0.25) is 0 Å². The van der Waals surface area contributed by atoms with E-state index in [1.165, 1.54) is 51.7 Å². The summed E-state index contributed by atoms with van der Waals surface area (Å²) in [6.45, 7) is 3.97. The average molecular weight is 283 g/mol. The van der Waals surface area contributed by atoms with Gasteiger partial charge in [-0.2, -0.15) is 0 Å². The van der Waals surface area contributed by atoms with Crippen LogP contribution in [0, 0.1) is 5.92 Å². The molecule has 1 aliphatic carbocycles. The van der Waals surface area contributed by atoms with E-state index in [0.717, 1.165) is 12.5 Å². The summed E-state index contributed by atoms with van der Waals surface area (Å²) in [6, 6.07) is 0.770. The summed E-state index contributed by atoms with van der Waals surface area (Å²) in [7, 11) is 6.40. The molecule has 2 atom stereocenters. The fourth-order valence-electron chi connectivity index (χ4n) is 4.18. The molecule has 1 heterocycles. The van der Waals surface area contributed by atoms with E-state index in [4.69, 9.17) is 0 Å².